The number of benzene rings is 1. The third-order valence-corrected chi connectivity index (χ3v) is 4.65. The van der Waals surface area contributed by atoms with E-state index in [9.17, 15) is 5.11 Å². The first-order valence-electron chi connectivity index (χ1n) is 7.18. The van der Waals surface area contributed by atoms with Gasteiger partial charge in [-0.15, -0.1) is 6.54 Å². The smallest absolute Gasteiger partial charge is 1.00 e. The van der Waals surface area contributed by atoms with Crippen LogP contribution in [0, 0.1) is 41.5 Å². The molecular weight excluding hydrogens is 371 g/mol. The van der Waals surface area contributed by atoms with Crippen molar-refractivity contribution in [2.45, 2.75) is 60.4 Å². The Balaban J connectivity index is 0. The normalized spacial score (nSPS) is 16.4. The summed E-state index contributed by atoms with van der Waals surface area (Å²) < 4.78 is 0. The van der Waals surface area contributed by atoms with E-state index in [-0.39, 0.29) is 44.5 Å². The van der Waals surface area contributed by atoms with Gasteiger partial charge in [0.05, 0.1) is 0 Å². The van der Waals surface area contributed by atoms with Crippen molar-refractivity contribution in [3.8, 4) is 0 Å². The Morgan fingerprint density at radius 2 is 1.19 bits per heavy atom. The quantitative estimate of drug-likeness (QED) is 0.633. The van der Waals surface area contributed by atoms with Gasteiger partial charge in [-0.2, -0.15) is 12.6 Å². The average molecular weight is 398 g/mol. The number of hydrogen-bond donors (Lipinski definition) is 0. The van der Waals surface area contributed by atoms with E-state index in [1.807, 2.05) is 0 Å². The van der Waals surface area contributed by atoms with Crippen LogP contribution in [-0.2, 0) is 19.5 Å². The Bertz CT molecular complexity index is 338. The zero-order valence-corrected chi connectivity index (χ0v) is 16.5. The molecule has 2 nitrogen and oxygen atoms in total. The molecule has 0 aromatic heterocycles. The van der Waals surface area contributed by atoms with Gasteiger partial charge in [0.1, 0.15) is 0 Å². The maximum absolute atomic E-state index is 10.0. The Hall–Kier alpha value is 0.0534. The number of nitrogens with zero attached hydrogens (tertiary/aromatic N) is 1. The van der Waals surface area contributed by atoms with Gasteiger partial charge in [-0.1, -0.05) is 12.8 Å². The van der Waals surface area contributed by atoms with E-state index in [2.05, 4.69) is 46.9 Å². The molecule has 21 heavy (non-hydrogen) atoms. The van der Waals surface area contributed by atoms with E-state index in [1.54, 1.807) is 0 Å². The van der Waals surface area contributed by atoms with E-state index < -0.39 is 0 Å². The second-order valence-electron chi connectivity index (χ2n) is 5.62. The van der Waals surface area contributed by atoms with Crippen LogP contribution in [0.5, 0.6) is 0 Å². The van der Waals surface area contributed by atoms with Crippen LogP contribution < -0.4 is 17.5 Å². The van der Waals surface area contributed by atoms with Crippen molar-refractivity contribution >= 4 is 0 Å². The molecule has 1 radical (unpaired) electrons. The molecule has 1 aliphatic heterocycles. The molecule has 0 saturated carbocycles. The second-order valence-corrected chi connectivity index (χ2v) is 5.62. The van der Waals surface area contributed by atoms with Gasteiger partial charge in [0, 0.05) is 0 Å². The summed E-state index contributed by atoms with van der Waals surface area (Å²) in [5, 5.41) is 14.1. The molecule has 0 unspecified atom stereocenters. The molecule has 1 heterocycles. The minimum atomic E-state index is 0. The van der Waals surface area contributed by atoms with E-state index in [0.29, 0.717) is 0 Å². The first kappa shape index (κ1) is 23.3. The molecule has 1 fully saturated rings. The van der Waals surface area contributed by atoms with Crippen LogP contribution in [-0.4, -0.2) is 19.2 Å². The van der Waals surface area contributed by atoms with Crippen LogP contribution in [0.25, 0.3) is 5.32 Å². The summed E-state index contributed by atoms with van der Waals surface area (Å²) in [7, 11) is 0. The fourth-order valence-electron chi connectivity index (χ4n) is 2.52. The third kappa shape index (κ3) is 5.98. The fraction of sp³-hybridized carbons (Fsp3) is 0.647. The zero-order valence-electron chi connectivity index (χ0n) is 14.0. The van der Waals surface area contributed by atoms with Gasteiger partial charge in [-0.05, 0) is 74.9 Å². The largest absolute Gasteiger partial charge is 3.00 e. The fourth-order valence-corrected chi connectivity index (χ4v) is 2.52. The van der Waals surface area contributed by atoms with Crippen molar-refractivity contribution in [3.63, 3.8) is 0 Å². The van der Waals surface area contributed by atoms with Crippen molar-refractivity contribution in [2.75, 3.05) is 13.2 Å². The van der Waals surface area contributed by atoms with Crippen LogP contribution in [0.3, 0.4) is 0 Å². The number of halogens is 1. The van der Waals surface area contributed by atoms with Crippen molar-refractivity contribution in [1.82, 2.24) is 0 Å². The number of hydrogen-bond acceptors (Lipinski definition) is 1. The molecule has 2 rings (SSSR count). The van der Waals surface area contributed by atoms with Gasteiger partial charge in [0.2, 0.25) is 0 Å². The summed E-state index contributed by atoms with van der Waals surface area (Å²) >= 11 is 0. The van der Waals surface area contributed by atoms with Gasteiger partial charge in [-0.3, -0.25) is 0 Å². The summed E-state index contributed by atoms with van der Waals surface area (Å²) in [6, 6.07) is 0.167. The molecule has 0 spiro atoms. The Morgan fingerprint density at radius 3 is 1.33 bits per heavy atom. The van der Waals surface area contributed by atoms with E-state index in [4.69, 9.17) is 0 Å². The molecule has 4 heteroatoms. The Labute approximate surface area is 149 Å². The Kier molecular flexibility index (Phi) is 11.9. The maximum Gasteiger partial charge on any atom is 3.00 e. The van der Waals surface area contributed by atoms with Crippen LogP contribution in [0.1, 0.15) is 46.2 Å². The van der Waals surface area contributed by atoms with E-state index >= 15 is 0 Å². The first-order chi connectivity index (χ1) is 8.90. The third-order valence-electron chi connectivity index (χ3n) is 4.65. The predicted molar refractivity (Wildman–Crippen MR) is 81.0 cm³/mol. The molecule has 1 aromatic carbocycles. The Morgan fingerprint density at radius 1 is 0.857 bits per heavy atom. The molecule has 1 saturated heterocycles. The van der Waals surface area contributed by atoms with Crippen LogP contribution >= 0.6 is 0 Å². The maximum atomic E-state index is 10.0. The van der Waals surface area contributed by atoms with Gasteiger partial charge in [0.25, 0.3) is 0 Å². The van der Waals surface area contributed by atoms with Gasteiger partial charge in [0.15, 0.2) is 0 Å². The van der Waals surface area contributed by atoms with Crippen molar-refractivity contribution in [3.05, 3.63) is 38.7 Å². The summed E-state index contributed by atoms with van der Waals surface area (Å²) in [4.78, 5) is 0. The van der Waals surface area contributed by atoms with Crippen LogP contribution in [0.15, 0.2) is 0 Å². The molecule has 0 amide bonds. The van der Waals surface area contributed by atoms with Gasteiger partial charge >= 0.3 is 19.5 Å². The summed E-state index contributed by atoms with van der Waals surface area (Å²) in [6.07, 6.45) is 2.16. The molecule has 1 aliphatic rings. The second kappa shape index (κ2) is 10.7. The van der Waals surface area contributed by atoms with Gasteiger partial charge in [-0.25, -0.2) is 0 Å². The van der Waals surface area contributed by atoms with Crippen molar-refractivity contribution in [1.29, 1.82) is 0 Å². The molecule has 0 bridgehead atoms. The predicted octanol–water partition coefficient (Wildman–Crippen LogP) is 0.421. The minimum Gasteiger partial charge on any atom is -1.00 e. The summed E-state index contributed by atoms with van der Waals surface area (Å²) in [5.74, 6) is 0. The van der Waals surface area contributed by atoms with Gasteiger partial charge < -0.3 is 22.8 Å². The summed E-state index contributed by atoms with van der Waals surface area (Å²) in [5.41, 5.74) is 8.73. The van der Waals surface area contributed by atoms with Crippen molar-refractivity contribution in [2.24, 2.45) is 0 Å². The van der Waals surface area contributed by atoms with E-state index in [0.717, 1.165) is 19.4 Å². The molecular formula is C17H27ClNORu. The average Bonchev–Trinajstić information content (AvgIpc) is 2.95. The monoisotopic (exact) mass is 398 g/mol. The zero-order chi connectivity index (χ0) is 14.6. The minimum absolute atomic E-state index is 0. The molecule has 1 aromatic rings. The SMILES string of the molecule is Cc1c(C)c(C)c(C)c(C)c1C.[Cl-].[O-]C[C@H]1CCC[N-]1.[Ru+3]. The molecule has 1 atom stereocenters. The molecule has 0 aliphatic carbocycles. The van der Waals surface area contributed by atoms with Crippen LogP contribution in [0.2, 0.25) is 0 Å². The van der Waals surface area contributed by atoms with Crippen LogP contribution in [0.4, 0.5) is 0 Å². The molecule has 0 N–H and O–H groups in total. The number of rotatable bonds is 1. The van der Waals surface area contributed by atoms with E-state index in [1.165, 1.54) is 33.4 Å². The first-order valence-corrected chi connectivity index (χ1v) is 7.18. The standard InChI is InChI=1S/C12H18.C5H9NO.ClH.Ru/c1-7-8(2)10(4)12(6)11(5)9(7)3;7-4-5-2-1-3-6-5;;/h1-6H3;5H,1-4H2;1H;/q;-2;;+3/p-1/t;5-;;/m.1../s1. The summed E-state index contributed by atoms with van der Waals surface area (Å²) in [6.45, 7) is 14.2. The van der Waals surface area contributed by atoms with Crippen molar-refractivity contribution < 1.29 is 37.0 Å². The topological polar surface area (TPSA) is 37.2 Å². The molecule has 121 valence electrons.